The second kappa shape index (κ2) is 8.71. The Morgan fingerprint density at radius 2 is 1.10 bits per heavy atom. The van der Waals surface area contributed by atoms with E-state index in [-0.39, 0.29) is 23.1 Å². The average Bonchev–Trinajstić information content (AvgIpc) is 2.22. The van der Waals surface area contributed by atoms with Crippen molar-refractivity contribution < 1.29 is 14.3 Å². The van der Waals surface area contributed by atoms with E-state index in [2.05, 4.69) is 21.3 Å². The fraction of sp³-hybridized carbons (Fsp3) is 0.857. The van der Waals surface area contributed by atoms with Gasteiger partial charge in [-0.05, 0) is 41.5 Å². The molecule has 0 aromatic carbocycles. The summed E-state index contributed by atoms with van der Waals surface area (Å²) in [4.78, 5) is 22.9. The summed E-state index contributed by atoms with van der Waals surface area (Å²) in [6.45, 7) is 13.1. The van der Waals surface area contributed by atoms with Crippen LogP contribution in [0.3, 0.4) is 0 Å². The Labute approximate surface area is 127 Å². The van der Waals surface area contributed by atoms with Crippen LogP contribution in [0.2, 0.25) is 0 Å². The molecule has 7 nitrogen and oxygen atoms in total. The van der Waals surface area contributed by atoms with E-state index < -0.39 is 0 Å². The highest BCUT2D eigenvalue weighted by atomic mass is 16.5. The molecule has 0 fully saturated rings. The lowest BCUT2D eigenvalue weighted by molar-refractivity contribution is 0.138. The van der Waals surface area contributed by atoms with Crippen molar-refractivity contribution in [2.75, 3.05) is 26.3 Å². The van der Waals surface area contributed by atoms with Gasteiger partial charge in [-0.3, -0.25) is 0 Å². The van der Waals surface area contributed by atoms with Crippen LogP contribution in [-0.2, 0) is 4.74 Å². The van der Waals surface area contributed by atoms with Crippen LogP contribution in [0, 0.1) is 0 Å². The van der Waals surface area contributed by atoms with Crippen molar-refractivity contribution in [1.29, 1.82) is 0 Å². The number of ether oxygens (including phenoxy) is 1. The number of rotatable bonds is 6. The number of carbonyl (C=O) groups is 2. The van der Waals surface area contributed by atoms with Gasteiger partial charge in [0.05, 0.1) is 13.2 Å². The molecule has 0 unspecified atom stereocenters. The molecular weight excluding hydrogens is 272 g/mol. The van der Waals surface area contributed by atoms with E-state index in [0.717, 1.165) is 0 Å². The molecule has 0 saturated heterocycles. The molecule has 0 aliphatic heterocycles. The van der Waals surface area contributed by atoms with Crippen molar-refractivity contribution in [3.05, 3.63) is 0 Å². The third kappa shape index (κ3) is 14.7. The minimum absolute atomic E-state index is 0.214. The number of hydrogen-bond donors (Lipinski definition) is 4. The molecule has 0 aliphatic carbocycles. The lowest BCUT2D eigenvalue weighted by Crippen LogP contribution is -2.47. The lowest BCUT2D eigenvalue weighted by Gasteiger charge is -2.21. The Bertz CT molecular complexity index is 300. The largest absolute Gasteiger partial charge is 0.378 e. The van der Waals surface area contributed by atoms with Gasteiger partial charge in [0.2, 0.25) is 0 Å². The molecule has 0 bridgehead atoms. The number of hydrogen-bond acceptors (Lipinski definition) is 3. The van der Waals surface area contributed by atoms with E-state index in [1.165, 1.54) is 0 Å². The molecule has 0 saturated carbocycles. The second-order valence-corrected chi connectivity index (χ2v) is 6.87. The van der Waals surface area contributed by atoms with Gasteiger partial charge < -0.3 is 26.0 Å². The van der Waals surface area contributed by atoms with Crippen molar-refractivity contribution >= 4 is 12.1 Å². The fourth-order valence-corrected chi connectivity index (χ4v) is 1.35. The molecule has 124 valence electrons. The highest BCUT2D eigenvalue weighted by molar-refractivity contribution is 5.74. The van der Waals surface area contributed by atoms with Gasteiger partial charge in [-0.1, -0.05) is 0 Å². The molecule has 0 spiro atoms. The predicted octanol–water partition coefficient (Wildman–Crippen LogP) is 1.20. The predicted molar refractivity (Wildman–Crippen MR) is 83.4 cm³/mol. The summed E-state index contributed by atoms with van der Waals surface area (Å²) in [6.07, 6.45) is 0. The SMILES string of the molecule is CC(C)(C)NC(=O)NCCOCCNC(=O)NC(C)(C)C. The Morgan fingerprint density at radius 1 is 0.762 bits per heavy atom. The van der Waals surface area contributed by atoms with Gasteiger partial charge in [-0.25, -0.2) is 9.59 Å². The summed E-state index contributed by atoms with van der Waals surface area (Å²) in [5, 5.41) is 11.0. The Balaban J connectivity index is 3.49. The quantitative estimate of drug-likeness (QED) is 0.556. The molecule has 4 amide bonds. The maximum Gasteiger partial charge on any atom is 0.315 e. The van der Waals surface area contributed by atoms with E-state index >= 15 is 0 Å². The number of urea groups is 2. The van der Waals surface area contributed by atoms with Crippen molar-refractivity contribution in [2.45, 2.75) is 52.6 Å². The summed E-state index contributed by atoms with van der Waals surface area (Å²) in [6, 6.07) is -0.428. The first-order valence-electron chi connectivity index (χ1n) is 7.19. The Hall–Kier alpha value is -1.50. The third-order valence-electron chi connectivity index (χ3n) is 2.04. The topological polar surface area (TPSA) is 91.5 Å². The normalized spacial score (nSPS) is 11.7. The lowest BCUT2D eigenvalue weighted by atomic mass is 10.1. The van der Waals surface area contributed by atoms with Crippen LogP contribution in [0.25, 0.3) is 0 Å². The average molecular weight is 302 g/mol. The zero-order valence-corrected chi connectivity index (χ0v) is 14.1. The highest BCUT2D eigenvalue weighted by Crippen LogP contribution is 1.97. The molecule has 0 rings (SSSR count). The van der Waals surface area contributed by atoms with Gasteiger partial charge in [-0.15, -0.1) is 0 Å². The summed E-state index contributed by atoms with van der Waals surface area (Å²) in [5.41, 5.74) is -0.509. The third-order valence-corrected chi connectivity index (χ3v) is 2.04. The van der Waals surface area contributed by atoms with Gasteiger partial charge in [-0.2, -0.15) is 0 Å². The standard InChI is InChI=1S/C14H30N4O3/c1-13(2,3)17-11(19)15-7-9-21-10-8-16-12(20)18-14(4,5)6/h7-10H2,1-6H3,(H2,15,17,19)(H2,16,18,20). The molecular formula is C14H30N4O3. The molecule has 0 atom stereocenters. The first-order chi connectivity index (χ1) is 9.49. The van der Waals surface area contributed by atoms with Crippen LogP contribution in [0.15, 0.2) is 0 Å². The van der Waals surface area contributed by atoms with Crippen LogP contribution in [0.1, 0.15) is 41.5 Å². The van der Waals surface area contributed by atoms with Crippen molar-refractivity contribution in [3.63, 3.8) is 0 Å². The van der Waals surface area contributed by atoms with Crippen molar-refractivity contribution in [2.24, 2.45) is 0 Å². The van der Waals surface area contributed by atoms with Gasteiger partial charge in [0, 0.05) is 24.2 Å². The van der Waals surface area contributed by atoms with Gasteiger partial charge in [0.25, 0.3) is 0 Å². The Kier molecular flexibility index (Phi) is 8.09. The molecule has 0 heterocycles. The minimum atomic E-state index is -0.255. The number of carbonyl (C=O) groups excluding carboxylic acids is 2. The number of nitrogens with one attached hydrogen (secondary N) is 4. The van der Waals surface area contributed by atoms with Gasteiger partial charge in [0.1, 0.15) is 0 Å². The van der Waals surface area contributed by atoms with Crippen molar-refractivity contribution in [1.82, 2.24) is 21.3 Å². The fourth-order valence-electron chi connectivity index (χ4n) is 1.35. The van der Waals surface area contributed by atoms with Gasteiger partial charge in [0.15, 0.2) is 0 Å². The molecule has 21 heavy (non-hydrogen) atoms. The molecule has 0 radical (unpaired) electrons. The van der Waals surface area contributed by atoms with Crippen LogP contribution >= 0.6 is 0 Å². The first-order valence-corrected chi connectivity index (χ1v) is 7.19. The summed E-state index contributed by atoms with van der Waals surface area (Å²) < 4.78 is 5.31. The van der Waals surface area contributed by atoms with E-state index in [1.807, 2.05) is 41.5 Å². The first kappa shape index (κ1) is 19.5. The van der Waals surface area contributed by atoms with Crippen LogP contribution in [0.5, 0.6) is 0 Å². The van der Waals surface area contributed by atoms with E-state index in [9.17, 15) is 9.59 Å². The molecule has 7 heteroatoms. The summed E-state index contributed by atoms with van der Waals surface area (Å²) in [5.74, 6) is 0. The van der Waals surface area contributed by atoms with E-state index in [4.69, 9.17) is 4.74 Å². The highest BCUT2D eigenvalue weighted by Gasteiger charge is 2.13. The van der Waals surface area contributed by atoms with Crippen LogP contribution in [0.4, 0.5) is 9.59 Å². The second-order valence-electron chi connectivity index (χ2n) is 6.87. The van der Waals surface area contributed by atoms with Crippen molar-refractivity contribution in [3.8, 4) is 0 Å². The van der Waals surface area contributed by atoms with Gasteiger partial charge >= 0.3 is 12.1 Å². The zero-order chi connectivity index (χ0) is 16.5. The maximum absolute atomic E-state index is 11.4. The maximum atomic E-state index is 11.4. The number of amides is 4. The van der Waals surface area contributed by atoms with E-state index in [0.29, 0.717) is 26.3 Å². The van der Waals surface area contributed by atoms with Crippen LogP contribution in [-0.4, -0.2) is 49.4 Å². The molecule has 0 aromatic rings. The summed E-state index contributed by atoms with van der Waals surface area (Å²) in [7, 11) is 0. The molecule has 0 aromatic heterocycles. The smallest absolute Gasteiger partial charge is 0.315 e. The van der Waals surface area contributed by atoms with Crippen LogP contribution < -0.4 is 21.3 Å². The molecule has 0 aliphatic rings. The zero-order valence-electron chi connectivity index (χ0n) is 14.1. The summed E-state index contributed by atoms with van der Waals surface area (Å²) >= 11 is 0. The van der Waals surface area contributed by atoms with E-state index in [1.54, 1.807) is 0 Å². The molecule has 4 N–H and O–H groups in total. The Morgan fingerprint density at radius 3 is 1.38 bits per heavy atom. The monoisotopic (exact) mass is 302 g/mol. The minimum Gasteiger partial charge on any atom is -0.378 e.